The molecule has 2 fully saturated rings. The summed E-state index contributed by atoms with van der Waals surface area (Å²) in [6, 6.07) is 15.1. The van der Waals surface area contributed by atoms with Crippen LogP contribution in [0.3, 0.4) is 0 Å². The van der Waals surface area contributed by atoms with Gasteiger partial charge in [-0.2, -0.15) is 0 Å². The van der Waals surface area contributed by atoms with Crippen molar-refractivity contribution in [2.24, 2.45) is 11.8 Å². The Kier molecular flexibility index (Phi) is 6.07. The summed E-state index contributed by atoms with van der Waals surface area (Å²) in [7, 11) is 0. The summed E-state index contributed by atoms with van der Waals surface area (Å²) < 4.78 is 8.51. The lowest BCUT2D eigenvalue weighted by Crippen LogP contribution is -2.58. The maximum absolute atomic E-state index is 14.5. The third-order valence-corrected chi connectivity index (χ3v) is 9.11. The highest BCUT2D eigenvalue weighted by Crippen LogP contribution is 2.58. The van der Waals surface area contributed by atoms with E-state index in [1.807, 2.05) is 79.7 Å². The zero-order valence-electron chi connectivity index (χ0n) is 23.4. The molecule has 4 aliphatic rings. The van der Waals surface area contributed by atoms with Gasteiger partial charge in [0.1, 0.15) is 23.8 Å². The summed E-state index contributed by atoms with van der Waals surface area (Å²) in [5, 5.41) is 18.7. The van der Waals surface area contributed by atoms with Gasteiger partial charge in [0.2, 0.25) is 11.8 Å². The number of para-hydroxylation sites is 2. The molecule has 7 rings (SSSR count). The van der Waals surface area contributed by atoms with Crippen molar-refractivity contribution >= 4 is 34.4 Å². The Morgan fingerprint density at radius 2 is 1.69 bits per heavy atom. The molecule has 3 amide bonds. The highest BCUT2D eigenvalue weighted by Gasteiger charge is 2.75. The fraction of sp³-hybridized carbons (Fsp3) is 0.387. The summed E-state index contributed by atoms with van der Waals surface area (Å²) in [6.45, 7) is 3.87. The molecule has 0 saturated carbocycles. The van der Waals surface area contributed by atoms with Crippen molar-refractivity contribution in [3.63, 3.8) is 0 Å². The molecule has 1 N–H and O–H groups in total. The molecule has 1 unspecified atom stereocenters. The van der Waals surface area contributed by atoms with Crippen molar-refractivity contribution in [2.45, 2.75) is 43.8 Å². The minimum atomic E-state index is -1.41. The largest absolute Gasteiger partial charge is 0.394 e. The fourth-order valence-corrected chi connectivity index (χ4v) is 7.22. The van der Waals surface area contributed by atoms with Crippen LogP contribution in [0.4, 0.5) is 5.69 Å². The van der Waals surface area contributed by atoms with E-state index in [2.05, 4.69) is 10.3 Å². The first-order chi connectivity index (χ1) is 20.3. The SMILES string of the molecule is C[C@H](CO)N1C(=O)[C@@H]2[C@H]3C(=O)N(c4ccccc4)CC=C[C@@]3(C)O[C@@]23C=CCN(Cn2nnc4ccccc42)C(=O)C13. The number of aliphatic hydroxyl groups is 1. The maximum atomic E-state index is 14.5. The molecule has 6 atom stereocenters. The third-order valence-electron chi connectivity index (χ3n) is 9.11. The van der Waals surface area contributed by atoms with Crippen LogP contribution in [0.25, 0.3) is 11.0 Å². The number of carbonyl (C=O) groups excluding carboxylic acids is 3. The number of ether oxygens (including phenoxy) is 1. The van der Waals surface area contributed by atoms with Gasteiger partial charge in [-0.3, -0.25) is 14.4 Å². The molecule has 2 aromatic carbocycles. The van der Waals surface area contributed by atoms with E-state index in [-0.39, 0.29) is 37.5 Å². The second-order valence-corrected chi connectivity index (χ2v) is 11.6. The van der Waals surface area contributed by atoms with Gasteiger partial charge in [-0.1, -0.05) is 59.8 Å². The monoisotopic (exact) mass is 568 g/mol. The first-order valence-electron chi connectivity index (χ1n) is 14.2. The van der Waals surface area contributed by atoms with E-state index in [1.165, 1.54) is 4.90 Å². The first kappa shape index (κ1) is 26.5. The standard InChI is InChI=1S/C31H32N6O5/c1-20(18-38)37-26-29(41)34(19-36-23-13-7-6-12-22(23)32-33-36)16-9-15-31(26)25(28(37)40)24-27(39)35(21-10-4-3-5-11-21)17-8-14-30(24,2)42-31/h3-15,20,24-26,38H,16-19H2,1-2H3/t20-,24+,25+,26?,30-,31+/m1/s1. The Balaban J connectivity index is 1.31. The van der Waals surface area contributed by atoms with Gasteiger partial charge in [0, 0.05) is 18.8 Å². The number of fused-ring (bicyclic) bond motifs is 3. The number of aromatic nitrogens is 3. The number of nitrogens with zero attached hydrogens (tertiary/aromatic N) is 6. The van der Waals surface area contributed by atoms with E-state index in [0.29, 0.717) is 12.1 Å². The lowest BCUT2D eigenvalue weighted by molar-refractivity contribution is -0.154. The van der Waals surface area contributed by atoms with E-state index in [1.54, 1.807) is 27.5 Å². The predicted octanol–water partition coefficient (Wildman–Crippen LogP) is 1.74. The number of hydrogen-bond donors (Lipinski definition) is 1. The van der Waals surface area contributed by atoms with Crippen molar-refractivity contribution in [3.05, 3.63) is 78.9 Å². The highest BCUT2D eigenvalue weighted by atomic mass is 16.5. The summed E-state index contributed by atoms with van der Waals surface area (Å²) >= 11 is 0. The molecule has 0 radical (unpaired) electrons. The van der Waals surface area contributed by atoms with Crippen molar-refractivity contribution in [2.75, 3.05) is 24.6 Å². The van der Waals surface area contributed by atoms with E-state index in [0.717, 1.165) is 11.2 Å². The van der Waals surface area contributed by atoms with Gasteiger partial charge < -0.3 is 24.5 Å². The second kappa shape index (κ2) is 9.60. The topological polar surface area (TPSA) is 121 Å². The smallest absolute Gasteiger partial charge is 0.250 e. The summed E-state index contributed by atoms with van der Waals surface area (Å²) in [5.74, 6) is -2.80. The number of likely N-dealkylation sites (tertiary alicyclic amines) is 1. The van der Waals surface area contributed by atoms with Crippen LogP contribution in [0.15, 0.2) is 78.9 Å². The molecule has 1 spiro atoms. The van der Waals surface area contributed by atoms with Crippen molar-refractivity contribution in [1.82, 2.24) is 24.8 Å². The minimum absolute atomic E-state index is 0.109. The average molecular weight is 569 g/mol. The zero-order chi connectivity index (χ0) is 29.2. The number of anilines is 1. The quantitative estimate of drug-likeness (QED) is 0.466. The van der Waals surface area contributed by atoms with Gasteiger partial charge in [0.05, 0.1) is 35.6 Å². The van der Waals surface area contributed by atoms with E-state index >= 15 is 0 Å². The second-order valence-electron chi connectivity index (χ2n) is 11.6. The third kappa shape index (κ3) is 3.69. The van der Waals surface area contributed by atoms with Crippen LogP contribution in [-0.4, -0.2) is 90.6 Å². The predicted molar refractivity (Wildman–Crippen MR) is 153 cm³/mol. The van der Waals surface area contributed by atoms with Gasteiger partial charge in [-0.15, -0.1) is 5.10 Å². The van der Waals surface area contributed by atoms with Crippen molar-refractivity contribution < 1.29 is 24.2 Å². The molecule has 11 nitrogen and oxygen atoms in total. The number of amides is 3. The molecule has 0 aliphatic carbocycles. The molecule has 42 heavy (non-hydrogen) atoms. The van der Waals surface area contributed by atoms with E-state index < -0.39 is 35.1 Å². The molecular weight excluding hydrogens is 536 g/mol. The molecule has 5 heterocycles. The molecule has 4 aliphatic heterocycles. The lowest BCUT2D eigenvalue weighted by Gasteiger charge is -2.39. The summed E-state index contributed by atoms with van der Waals surface area (Å²) in [5.41, 5.74) is -0.332. The molecule has 216 valence electrons. The molecular formula is C31H32N6O5. The number of benzene rings is 2. The Bertz CT molecular complexity index is 1640. The lowest BCUT2D eigenvalue weighted by atomic mass is 9.74. The van der Waals surface area contributed by atoms with Crippen LogP contribution < -0.4 is 4.90 Å². The minimum Gasteiger partial charge on any atom is -0.394 e. The van der Waals surface area contributed by atoms with Gasteiger partial charge in [-0.05, 0) is 38.1 Å². The van der Waals surface area contributed by atoms with Crippen molar-refractivity contribution in [1.29, 1.82) is 0 Å². The van der Waals surface area contributed by atoms with Gasteiger partial charge in [-0.25, -0.2) is 4.68 Å². The highest BCUT2D eigenvalue weighted by molar-refractivity contribution is 6.04. The number of aliphatic hydroxyl groups excluding tert-OH is 1. The van der Waals surface area contributed by atoms with Crippen LogP contribution in [0.5, 0.6) is 0 Å². The van der Waals surface area contributed by atoms with Crippen LogP contribution in [-0.2, 0) is 25.8 Å². The molecule has 11 heteroatoms. The van der Waals surface area contributed by atoms with E-state index in [9.17, 15) is 19.5 Å². The number of carbonyl (C=O) groups is 3. The van der Waals surface area contributed by atoms with Crippen molar-refractivity contribution in [3.8, 4) is 0 Å². The zero-order valence-corrected chi connectivity index (χ0v) is 23.4. The van der Waals surface area contributed by atoms with Crippen LogP contribution in [0, 0.1) is 11.8 Å². The van der Waals surface area contributed by atoms with Crippen LogP contribution in [0.1, 0.15) is 13.8 Å². The van der Waals surface area contributed by atoms with Gasteiger partial charge in [0.15, 0.2) is 0 Å². The first-order valence-corrected chi connectivity index (χ1v) is 14.2. The average Bonchev–Trinajstić information content (AvgIpc) is 3.53. The summed E-state index contributed by atoms with van der Waals surface area (Å²) in [6.07, 6.45) is 7.39. The Morgan fingerprint density at radius 3 is 2.48 bits per heavy atom. The van der Waals surface area contributed by atoms with Gasteiger partial charge in [0.25, 0.3) is 5.91 Å². The van der Waals surface area contributed by atoms with Gasteiger partial charge >= 0.3 is 0 Å². The molecule has 0 bridgehead atoms. The Hall–Kier alpha value is -4.35. The van der Waals surface area contributed by atoms with Crippen LogP contribution in [0.2, 0.25) is 0 Å². The summed E-state index contributed by atoms with van der Waals surface area (Å²) in [4.78, 5) is 48.0. The molecule has 1 aromatic heterocycles. The normalized spacial score (nSPS) is 31.3. The van der Waals surface area contributed by atoms with Crippen LogP contribution >= 0.6 is 0 Å². The molecule has 2 saturated heterocycles. The number of hydrogen-bond acceptors (Lipinski definition) is 7. The molecule has 3 aromatic rings. The Labute approximate surface area is 242 Å². The maximum Gasteiger partial charge on any atom is 0.250 e. The van der Waals surface area contributed by atoms with E-state index in [4.69, 9.17) is 4.74 Å². The Morgan fingerprint density at radius 1 is 0.952 bits per heavy atom. The number of rotatable bonds is 5. The fourth-order valence-electron chi connectivity index (χ4n) is 7.22.